The van der Waals surface area contributed by atoms with Crippen molar-refractivity contribution in [3.05, 3.63) is 27.6 Å². The maximum Gasteiger partial charge on any atom is 0.286 e. The van der Waals surface area contributed by atoms with Crippen molar-refractivity contribution in [2.24, 2.45) is 0 Å². The topological polar surface area (TPSA) is 34.9 Å². The molecule has 0 aliphatic rings. The third-order valence-electron chi connectivity index (χ3n) is 1.38. The van der Waals surface area contributed by atoms with Crippen molar-refractivity contribution in [2.75, 3.05) is 0 Å². The molecular formula is C8H10ClN2O. The van der Waals surface area contributed by atoms with E-state index in [1.807, 2.05) is 20.8 Å². The van der Waals surface area contributed by atoms with Gasteiger partial charge in [-0.3, -0.25) is 4.79 Å². The lowest BCUT2D eigenvalue weighted by Crippen LogP contribution is -2.35. The van der Waals surface area contributed by atoms with Gasteiger partial charge < -0.3 is 0 Å². The van der Waals surface area contributed by atoms with Gasteiger partial charge in [-0.1, -0.05) is 11.6 Å². The Morgan fingerprint density at radius 1 is 1.58 bits per heavy atom. The largest absolute Gasteiger partial charge is 0.286 e. The molecule has 0 aromatic carbocycles. The van der Waals surface area contributed by atoms with E-state index in [9.17, 15) is 4.79 Å². The maximum atomic E-state index is 11.4. The normalized spacial score (nSPS) is 11.7. The SMILES string of the molecule is CC(C)(C)n1nc[c]c(Cl)c1=O. The molecule has 12 heavy (non-hydrogen) atoms. The molecule has 0 bridgehead atoms. The average molecular weight is 186 g/mol. The molecule has 0 saturated heterocycles. The minimum Gasteiger partial charge on any atom is -0.266 e. The Kier molecular flexibility index (Phi) is 2.24. The first-order chi connectivity index (χ1) is 5.43. The van der Waals surface area contributed by atoms with Gasteiger partial charge in [0.2, 0.25) is 0 Å². The summed E-state index contributed by atoms with van der Waals surface area (Å²) < 4.78 is 1.34. The zero-order chi connectivity index (χ0) is 9.35. The minimum absolute atomic E-state index is 0.0833. The van der Waals surface area contributed by atoms with Gasteiger partial charge in [0.25, 0.3) is 5.56 Å². The van der Waals surface area contributed by atoms with E-state index >= 15 is 0 Å². The number of halogens is 1. The molecule has 0 spiro atoms. The van der Waals surface area contributed by atoms with Crippen LogP contribution in [0.25, 0.3) is 0 Å². The quantitative estimate of drug-likeness (QED) is 0.613. The van der Waals surface area contributed by atoms with Crippen LogP contribution in [0.2, 0.25) is 5.02 Å². The summed E-state index contributed by atoms with van der Waals surface area (Å²) >= 11 is 5.59. The first kappa shape index (κ1) is 9.26. The Labute approximate surface area is 76.0 Å². The van der Waals surface area contributed by atoms with Crippen molar-refractivity contribution in [3.63, 3.8) is 0 Å². The third kappa shape index (κ3) is 1.67. The molecule has 0 N–H and O–H groups in total. The molecule has 1 radical (unpaired) electrons. The van der Waals surface area contributed by atoms with Crippen LogP contribution in [0.4, 0.5) is 0 Å². The highest BCUT2D eigenvalue weighted by Gasteiger charge is 2.16. The second kappa shape index (κ2) is 2.90. The van der Waals surface area contributed by atoms with Gasteiger partial charge in [0.15, 0.2) is 0 Å². The Hall–Kier alpha value is -0.830. The smallest absolute Gasteiger partial charge is 0.266 e. The lowest BCUT2D eigenvalue weighted by molar-refractivity contribution is 0.338. The molecule has 0 unspecified atom stereocenters. The molecule has 4 heteroatoms. The zero-order valence-electron chi connectivity index (χ0n) is 7.26. The zero-order valence-corrected chi connectivity index (χ0v) is 8.01. The van der Waals surface area contributed by atoms with Gasteiger partial charge in [0.05, 0.1) is 11.7 Å². The van der Waals surface area contributed by atoms with Crippen LogP contribution in [-0.4, -0.2) is 9.78 Å². The fourth-order valence-corrected chi connectivity index (χ4v) is 0.957. The van der Waals surface area contributed by atoms with Crippen molar-refractivity contribution in [1.82, 2.24) is 9.78 Å². The van der Waals surface area contributed by atoms with E-state index in [0.29, 0.717) is 0 Å². The molecule has 65 valence electrons. The van der Waals surface area contributed by atoms with Crippen LogP contribution in [0, 0.1) is 6.07 Å². The van der Waals surface area contributed by atoms with Gasteiger partial charge in [0, 0.05) is 6.07 Å². The Balaban J connectivity index is 3.37. The Morgan fingerprint density at radius 3 is 2.58 bits per heavy atom. The first-order valence-corrected chi connectivity index (χ1v) is 3.97. The lowest BCUT2D eigenvalue weighted by atomic mass is 10.1. The van der Waals surface area contributed by atoms with Crippen LogP contribution in [-0.2, 0) is 5.54 Å². The summed E-state index contributed by atoms with van der Waals surface area (Å²) in [4.78, 5) is 11.4. The van der Waals surface area contributed by atoms with Gasteiger partial charge in [0.1, 0.15) is 5.02 Å². The molecule has 0 aliphatic heterocycles. The van der Waals surface area contributed by atoms with Crippen LogP contribution in [0.1, 0.15) is 20.8 Å². The van der Waals surface area contributed by atoms with Crippen LogP contribution in [0.15, 0.2) is 11.0 Å². The molecule has 1 rings (SSSR count). The van der Waals surface area contributed by atoms with Gasteiger partial charge in [-0.15, -0.1) is 0 Å². The molecule has 1 heterocycles. The van der Waals surface area contributed by atoms with E-state index in [0.717, 1.165) is 0 Å². The molecule has 0 amide bonds. The van der Waals surface area contributed by atoms with E-state index in [1.165, 1.54) is 10.9 Å². The van der Waals surface area contributed by atoms with E-state index in [2.05, 4.69) is 11.2 Å². The summed E-state index contributed by atoms with van der Waals surface area (Å²) in [6.07, 6.45) is 1.40. The number of aromatic nitrogens is 2. The predicted octanol–water partition coefficient (Wildman–Crippen LogP) is 1.45. The second-order valence-corrected chi connectivity index (χ2v) is 3.87. The molecule has 0 saturated carbocycles. The number of hydrogen-bond donors (Lipinski definition) is 0. The fraction of sp³-hybridized carbons (Fsp3) is 0.500. The highest BCUT2D eigenvalue weighted by Crippen LogP contribution is 2.09. The van der Waals surface area contributed by atoms with Gasteiger partial charge in [-0.05, 0) is 20.8 Å². The molecule has 3 nitrogen and oxygen atoms in total. The van der Waals surface area contributed by atoms with Crippen molar-refractivity contribution in [2.45, 2.75) is 26.3 Å². The van der Waals surface area contributed by atoms with Crippen LogP contribution in [0.5, 0.6) is 0 Å². The molecule has 0 aliphatic carbocycles. The second-order valence-electron chi connectivity index (χ2n) is 3.49. The van der Waals surface area contributed by atoms with Gasteiger partial charge >= 0.3 is 0 Å². The van der Waals surface area contributed by atoms with Crippen LogP contribution >= 0.6 is 11.6 Å². The lowest BCUT2D eigenvalue weighted by Gasteiger charge is -2.19. The van der Waals surface area contributed by atoms with E-state index in [-0.39, 0.29) is 16.1 Å². The molecule has 1 aromatic rings. The van der Waals surface area contributed by atoms with Crippen molar-refractivity contribution in [1.29, 1.82) is 0 Å². The van der Waals surface area contributed by atoms with E-state index in [4.69, 9.17) is 11.6 Å². The number of hydrogen-bond acceptors (Lipinski definition) is 2. The first-order valence-electron chi connectivity index (χ1n) is 3.59. The molecular weight excluding hydrogens is 176 g/mol. The number of nitrogens with zero attached hydrogens (tertiary/aromatic N) is 2. The predicted molar refractivity (Wildman–Crippen MR) is 47.3 cm³/mol. The third-order valence-corrected chi connectivity index (χ3v) is 1.65. The highest BCUT2D eigenvalue weighted by atomic mass is 35.5. The summed E-state index contributed by atoms with van der Waals surface area (Å²) in [5.74, 6) is 0. The average Bonchev–Trinajstić information content (AvgIpc) is 1.92. The molecule has 1 aromatic heterocycles. The van der Waals surface area contributed by atoms with Crippen molar-refractivity contribution >= 4 is 11.6 Å². The fourth-order valence-electron chi connectivity index (χ4n) is 0.828. The highest BCUT2D eigenvalue weighted by molar-refractivity contribution is 6.30. The van der Waals surface area contributed by atoms with Crippen LogP contribution < -0.4 is 5.56 Å². The summed E-state index contributed by atoms with van der Waals surface area (Å²) in [6, 6.07) is 2.53. The monoisotopic (exact) mass is 185 g/mol. The van der Waals surface area contributed by atoms with Gasteiger partial charge in [-0.25, -0.2) is 4.68 Å². The number of rotatable bonds is 0. The minimum atomic E-state index is -0.337. The summed E-state index contributed by atoms with van der Waals surface area (Å²) in [7, 11) is 0. The Morgan fingerprint density at radius 2 is 2.17 bits per heavy atom. The van der Waals surface area contributed by atoms with Crippen LogP contribution in [0.3, 0.4) is 0 Å². The summed E-state index contributed by atoms with van der Waals surface area (Å²) in [6.45, 7) is 5.66. The maximum absolute atomic E-state index is 11.4. The standard InChI is InChI=1S/C8H10ClN2O/c1-8(2,3)11-7(12)6(9)4-5-10-11/h5H,1-3H3. The Bertz CT molecular complexity index is 338. The summed E-state index contributed by atoms with van der Waals surface area (Å²) in [5, 5.41) is 3.96. The molecule has 0 fully saturated rings. The van der Waals surface area contributed by atoms with Crippen molar-refractivity contribution < 1.29 is 0 Å². The molecule has 0 atom stereocenters. The van der Waals surface area contributed by atoms with Gasteiger partial charge in [-0.2, -0.15) is 5.10 Å². The van der Waals surface area contributed by atoms with E-state index in [1.54, 1.807) is 0 Å². The van der Waals surface area contributed by atoms with E-state index < -0.39 is 0 Å². The van der Waals surface area contributed by atoms with Crippen molar-refractivity contribution in [3.8, 4) is 0 Å². The summed E-state index contributed by atoms with van der Waals surface area (Å²) in [5.41, 5.74) is -0.637.